The van der Waals surface area contributed by atoms with E-state index in [4.69, 9.17) is 15.9 Å². The van der Waals surface area contributed by atoms with Crippen molar-refractivity contribution in [1.29, 1.82) is 0 Å². The lowest BCUT2D eigenvalue weighted by molar-refractivity contribution is -0.139. The molecule has 1 aromatic rings. The van der Waals surface area contributed by atoms with Crippen LogP contribution in [0.15, 0.2) is 22.8 Å². The van der Waals surface area contributed by atoms with Gasteiger partial charge in [0.05, 0.1) is 6.26 Å². The van der Waals surface area contributed by atoms with Gasteiger partial charge in [-0.3, -0.25) is 0 Å². The standard InChI is InChI=1S/C13H16N2O4/c1-3-5-11(12(16)17)15-13(18)14-9(2)8-10-6-4-7-19-10/h1,4,6-7,9,11H,5,8H2,2H3,(H,16,17)(H2,14,15,18). The summed E-state index contributed by atoms with van der Waals surface area (Å²) in [6, 6.07) is 1.72. The minimum Gasteiger partial charge on any atom is -0.480 e. The molecule has 2 unspecified atom stereocenters. The zero-order valence-electron chi connectivity index (χ0n) is 10.6. The van der Waals surface area contributed by atoms with E-state index in [-0.39, 0.29) is 12.5 Å². The summed E-state index contributed by atoms with van der Waals surface area (Å²) in [5.41, 5.74) is 0. The van der Waals surface area contributed by atoms with Crippen molar-refractivity contribution in [2.75, 3.05) is 0 Å². The highest BCUT2D eigenvalue weighted by atomic mass is 16.4. The van der Waals surface area contributed by atoms with Gasteiger partial charge in [0.1, 0.15) is 11.8 Å². The second-order valence-electron chi connectivity index (χ2n) is 4.10. The van der Waals surface area contributed by atoms with Crippen molar-refractivity contribution >= 4 is 12.0 Å². The second kappa shape index (κ2) is 7.11. The van der Waals surface area contributed by atoms with Crippen molar-refractivity contribution in [2.45, 2.75) is 31.8 Å². The molecular weight excluding hydrogens is 248 g/mol. The van der Waals surface area contributed by atoms with Crippen molar-refractivity contribution in [2.24, 2.45) is 0 Å². The summed E-state index contributed by atoms with van der Waals surface area (Å²) in [6.45, 7) is 1.79. The predicted octanol–water partition coefficient (Wildman–Crippen LogP) is 0.986. The van der Waals surface area contributed by atoms with Gasteiger partial charge >= 0.3 is 12.0 Å². The number of hydrogen-bond donors (Lipinski definition) is 3. The summed E-state index contributed by atoms with van der Waals surface area (Å²) in [5.74, 6) is 1.79. The molecular formula is C13H16N2O4. The Hall–Kier alpha value is -2.42. The van der Waals surface area contributed by atoms with Crippen LogP contribution < -0.4 is 10.6 Å². The van der Waals surface area contributed by atoms with E-state index >= 15 is 0 Å². The Kier molecular flexibility index (Phi) is 5.48. The smallest absolute Gasteiger partial charge is 0.327 e. The number of hydrogen-bond acceptors (Lipinski definition) is 3. The SMILES string of the molecule is C#CCC(NC(=O)NC(C)Cc1ccco1)C(=O)O. The fraction of sp³-hybridized carbons (Fsp3) is 0.385. The average molecular weight is 264 g/mol. The molecule has 6 nitrogen and oxygen atoms in total. The van der Waals surface area contributed by atoms with Crippen LogP contribution in [-0.2, 0) is 11.2 Å². The zero-order valence-corrected chi connectivity index (χ0v) is 10.6. The highest BCUT2D eigenvalue weighted by Crippen LogP contribution is 2.03. The molecule has 3 N–H and O–H groups in total. The van der Waals surface area contributed by atoms with Crippen LogP contribution in [0.1, 0.15) is 19.1 Å². The molecule has 1 aromatic heterocycles. The third kappa shape index (κ3) is 5.17. The summed E-state index contributed by atoms with van der Waals surface area (Å²) in [5, 5.41) is 13.8. The van der Waals surface area contributed by atoms with E-state index in [1.165, 1.54) is 0 Å². The molecule has 19 heavy (non-hydrogen) atoms. The summed E-state index contributed by atoms with van der Waals surface area (Å²) in [6.07, 6.45) is 7.05. The van der Waals surface area contributed by atoms with E-state index in [1.54, 1.807) is 25.3 Å². The maximum atomic E-state index is 11.6. The summed E-state index contributed by atoms with van der Waals surface area (Å²) >= 11 is 0. The van der Waals surface area contributed by atoms with Crippen LogP contribution in [0, 0.1) is 12.3 Å². The summed E-state index contributed by atoms with van der Waals surface area (Å²) < 4.78 is 5.15. The number of rotatable bonds is 6. The lowest BCUT2D eigenvalue weighted by Gasteiger charge is -2.16. The highest BCUT2D eigenvalue weighted by molar-refractivity contribution is 5.82. The lowest BCUT2D eigenvalue weighted by atomic mass is 10.2. The van der Waals surface area contributed by atoms with Crippen molar-refractivity contribution in [3.05, 3.63) is 24.2 Å². The maximum absolute atomic E-state index is 11.6. The molecule has 102 valence electrons. The molecule has 0 aliphatic heterocycles. The summed E-state index contributed by atoms with van der Waals surface area (Å²) in [7, 11) is 0. The molecule has 0 bridgehead atoms. The molecule has 0 aromatic carbocycles. The van der Waals surface area contributed by atoms with E-state index in [2.05, 4.69) is 16.6 Å². The van der Waals surface area contributed by atoms with Gasteiger partial charge < -0.3 is 20.2 Å². The number of nitrogens with one attached hydrogen (secondary N) is 2. The van der Waals surface area contributed by atoms with Crippen molar-refractivity contribution in [1.82, 2.24) is 10.6 Å². The quantitative estimate of drug-likeness (QED) is 0.668. The minimum absolute atomic E-state index is 0.0602. The van der Waals surface area contributed by atoms with Crippen LogP contribution in [0.25, 0.3) is 0 Å². The van der Waals surface area contributed by atoms with Crippen LogP contribution in [0.3, 0.4) is 0 Å². The molecule has 2 atom stereocenters. The van der Waals surface area contributed by atoms with Crippen LogP contribution in [-0.4, -0.2) is 29.2 Å². The van der Waals surface area contributed by atoms with Crippen molar-refractivity contribution in [3.8, 4) is 12.3 Å². The number of carbonyl (C=O) groups excluding carboxylic acids is 1. The molecule has 6 heteroatoms. The fourth-order valence-electron chi connectivity index (χ4n) is 1.52. The number of carboxylic acid groups (broad SMARTS) is 1. The molecule has 0 saturated heterocycles. The number of furan rings is 1. The third-order valence-electron chi connectivity index (χ3n) is 2.39. The third-order valence-corrected chi connectivity index (χ3v) is 2.39. The number of terminal acetylenes is 1. The van der Waals surface area contributed by atoms with Gasteiger partial charge in [0, 0.05) is 18.9 Å². The van der Waals surface area contributed by atoms with Gasteiger partial charge in [0.2, 0.25) is 0 Å². The lowest BCUT2D eigenvalue weighted by Crippen LogP contribution is -2.48. The summed E-state index contributed by atoms with van der Waals surface area (Å²) in [4.78, 5) is 22.4. The Morgan fingerprint density at radius 2 is 2.26 bits per heavy atom. The van der Waals surface area contributed by atoms with Gasteiger partial charge in [0.25, 0.3) is 0 Å². The van der Waals surface area contributed by atoms with Crippen molar-refractivity contribution in [3.63, 3.8) is 0 Å². The van der Waals surface area contributed by atoms with Crippen molar-refractivity contribution < 1.29 is 19.1 Å². The molecule has 1 heterocycles. The van der Waals surface area contributed by atoms with Gasteiger partial charge in [-0.25, -0.2) is 9.59 Å². The molecule has 0 aliphatic rings. The van der Waals surface area contributed by atoms with E-state index in [0.29, 0.717) is 6.42 Å². The first kappa shape index (κ1) is 14.6. The Morgan fingerprint density at radius 3 is 2.79 bits per heavy atom. The Bertz CT molecular complexity index is 461. The zero-order chi connectivity index (χ0) is 14.3. The number of carboxylic acids is 1. The van der Waals surface area contributed by atoms with Crippen LogP contribution in [0.2, 0.25) is 0 Å². The fourth-order valence-corrected chi connectivity index (χ4v) is 1.52. The number of urea groups is 1. The van der Waals surface area contributed by atoms with E-state index in [9.17, 15) is 9.59 Å². The van der Waals surface area contributed by atoms with E-state index in [1.807, 2.05) is 0 Å². The predicted molar refractivity (Wildman–Crippen MR) is 68.4 cm³/mol. The topological polar surface area (TPSA) is 91.6 Å². The largest absolute Gasteiger partial charge is 0.480 e. The Labute approximate surface area is 111 Å². The first-order chi connectivity index (χ1) is 9.02. The second-order valence-corrected chi connectivity index (χ2v) is 4.10. The average Bonchev–Trinajstić information content (AvgIpc) is 2.80. The molecule has 0 radical (unpaired) electrons. The number of carbonyl (C=O) groups is 2. The monoisotopic (exact) mass is 264 g/mol. The molecule has 0 saturated carbocycles. The van der Waals surface area contributed by atoms with E-state index < -0.39 is 18.0 Å². The minimum atomic E-state index is -1.16. The normalized spacial score (nSPS) is 13.1. The molecule has 0 fully saturated rings. The molecule has 0 spiro atoms. The van der Waals surface area contributed by atoms with Gasteiger partial charge in [-0.05, 0) is 19.1 Å². The van der Waals surface area contributed by atoms with E-state index in [0.717, 1.165) is 5.76 Å². The Balaban J connectivity index is 2.41. The maximum Gasteiger partial charge on any atom is 0.327 e. The number of amides is 2. The Morgan fingerprint density at radius 1 is 1.53 bits per heavy atom. The highest BCUT2D eigenvalue weighted by Gasteiger charge is 2.19. The van der Waals surface area contributed by atoms with Gasteiger partial charge in [-0.2, -0.15) is 0 Å². The molecule has 1 rings (SSSR count). The first-order valence-corrected chi connectivity index (χ1v) is 5.78. The van der Waals surface area contributed by atoms with Gasteiger partial charge in [0.15, 0.2) is 0 Å². The number of aliphatic carboxylic acids is 1. The van der Waals surface area contributed by atoms with Crippen LogP contribution in [0.4, 0.5) is 4.79 Å². The molecule has 0 aliphatic carbocycles. The first-order valence-electron chi connectivity index (χ1n) is 5.78. The molecule has 2 amide bonds. The van der Waals surface area contributed by atoms with Crippen LogP contribution >= 0.6 is 0 Å². The van der Waals surface area contributed by atoms with Gasteiger partial charge in [-0.1, -0.05) is 0 Å². The van der Waals surface area contributed by atoms with Gasteiger partial charge in [-0.15, -0.1) is 12.3 Å². The van der Waals surface area contributed by atoms with Crippen LogP contribution in [0.5, 0.6) is 0 Å².